The van der Waals surface area contributed by atoms with Crippen LogP contribution in [0.2, 0.25) is 0 Å². The fourth-order valence-corrected chi connectivity index (χ4v) is 3.91. The van der Waals surface area contributed by atoms with Gasteiger partial charge in [-0.3, -0.25) is 9.69 Å². The van der Waals surface area contributed by atoms with Crippen LogP contribution in [0.15, 0.2) is 0 Å². The average Bonchev–Trinajstić information content (AvgIpc) is 2.67. The lowest BCUT2D eigenvalue weighted by Gasteiger charge is -2.51. The molecule has 2 fully saturated rings. The Bertz CT molecular complexity index is 339. The van der Waals surface area contributed by atoms with E-state index in [4.69, 9.17) is 4.74 Å². The Labute approximate surface area is 122 Å². The highest BCUT2D eigenvalue weighted by atomic mass is 16.5. The van der Waals surface area contributed by atoms with Gasteiger partial charge in [0.2, 0.25) is 0 Å². The zero-order valence-corrected chi connectivity index (χ0v) is 13.0. The topological polar surface area (TPSA) is 49.8 Å². The van der Waals surface area contributed by atoms with Gasteiger partial charge < -0.3 is 9.84 Å². The number of hydrogen-bond acceptors (Lipinski definition) is 3. The Kier molecular flexibility index (Phi) is 5.08. The van der Waals surface area contributed by atoms with E-state index in [9.17, 15) is 9.90 Å². The summed E-state index contributed by atoms with van der Waals surface area (Å²) in [5.74, 6) is -0.672. The Morgan fingerprint density at radius 2 is 1.90 bits per heavy atom. The summed E-state index contributed by atoms with van der Waals surface area (Å²) in [7, 11) is 0. The van der Waals surface area contributed by atoms with Gasteiger partial charge >= 0.3 is 5.97 Å². The van der Waals surface area contributed by atoms with Gasteiger partial charge in [-0.2, -0.15) is 0 Å². The standard InChI is InChI=1S/C16H29NO3/c1-3-15(2)13-16(8-11-20-15,12-14(18)19)17-9-6-4-5-7-10-17/h3-13H2,1-2H3,(H,18,19). The van der Waals surface area contributed by atoms with E-state index >= 15 is 0 Å². The van der Waals surface area contributed by atoms with Gasteiger partial charge in [-0.25, -0.2) is 0 Å². The molecule has 1 N–H and O–H groups in total. The number of rotatable bonds is 4. The van der Waals surface area contributed by atoms with Crippen LogP contribution in [0.25, 0.3) is 0 Å². The minimum Gasteiger partial charge on any atom is -0.481 e. The smallest absolute Gasteiger partial charge is 0.305 e. The second kappa shape index (κ2) is 6.44. The molecule has 4 nitrogen and oxygen atoms in total. The summed E-state index contributed by atoms with van der Waals surface area (Å²) in [4.78, 5) is 13.9. The molecule has 2 atom stereocenters. The second-order valence-corrected chi connectivity index (χ2v) is 6.77. The van der Waals surface area contributed by atoms with Crippen molar-refractivity contribution in [2.75, 3.05) is 19.7 Å². The minimum atomic E-state index is -0.672. The fourth-order valence-electron chi connectivity index (χ4n) is 3.91. The molecule has 0 aromatic heterocycles. The van der Waals surface area contributed by atoms with Crippen molar-refractivity contribution in [3.63, 3.8) is 0 Å². The van der Waals surface area contributed by atoms with Crippen LogP contribution in [0.1, 0.15) is 65.2 Å². The molecular weight excluding hydrogens is 254 g/mol. The first-order valence-corrected chi connectivity index (χ1v) is 8.11. The van der Waals surface area contributed by atoms with Gasteiger partial charge in [-0.15, -0.1) is 0 Å². The van der Waals surface area contributed by atoms with Gasteiger partial charge in [-0.1, -0.05) is 19.8 Å². The highest BCUT2D eigenvalue weighted by Gasteiger charge is 2.47. The molecule has 0 spiro atoms. The summed E-state index contributed by atoms with van der Waals surface area (Å²) in [6, 6.07) is 0. The van der Waals surface area contributed by atoms with E-state index in [1.54, 1.807) is 0 Å². The highest BCUT2D eigenvalue weighted by molar-refractivity contribution is 5.68. The van der Waals surface area contributed by atoms with Crippen molar-refractivity contribution < 1.29 is 14.6 Å². The highest BCUT2D eigenvalue weighted by Crippen LogP contribution is 2.41. The summed E-state index contributed by atoms with van der Waals surface area (Å²) in [6.07, 6.45) is 7.87. The molecule has 0 aromatic carbocycles. The van der Waals surface area contributed by atoms with E-state index in [2.05, 4.69) is 18.7 Å². The Morgan fingerprint density at radius 1 is 1.25 bits per heavy atom. The zero-order valence-electron chi connectivity index (χ0n) is 13.0. The van der Waals surface area contributed by atoms with Crippen molar-refractivity contribution in [3.8, 4) is 0 Å². The molecule has 0 amide bonds. The molecule has 0 bridgehead atoms. The number of carboxylic acids is 1. The van der Waals surface area contributed by atoms with Gasteiger partial charge in [0.05, 0.1) is 12.0 Å². The fraction of sp³-hybridized carbons (Fsp3) is 0.938. The van der Waals surface area contributed by atoms with Crippen LogP contribution in [0.4, 0.5) is 0 Å². The van der Waals surface area contributed by atoms with Gasteiger partial charge in [0.1, 0.15) is 0 Å². The largest absolute Gasteiger partial charge is 0.481 e. The van der Waals surface area contributed by atoms with Crippen molar-refractivity contribution in [3.05, 3.63) is 0 Å². The lowest BCUT2D eigenvalue weighted by molar-refractivity contribution is -0.155. The molecule has 2 aliphatic rings. The molecule has 2 saturated heterocycles. The molecule has 0 aromatic rings. The lowest BCUT2D eigenvalue weighted by atomic mass is 9.75. The van der Waals surface area contributed by atoms with Crippen LogP contribution < -0.4 is 0 Å². The lowest BCUT2D eigenvalue weighted by Crippen LogP contribution is -2.58. The number of carboxylic acid groups (broad SMARTS) is 1. The second-order valence-electron chi connectivity index (χ2n) is 6.77. The van der Waals surface area contributed by atoms with Crippen molar-refractivity contribution in [2.45, 2.75) is 76.4 Å². The normalized spacial score (nSPS) is 36.5. The first-order chi connectivity index (χ1) is 9.50. The van der Waals surface area contributed by atoms with Crippen molar-refractivity contribution in [2.24, 2.45) is 0 Å². The molecule has 0 saturated carbocycles. The maximum absolute atomic E-state index is 11.4. The predicted octanol–water partition coefficient (Wildman–Crippen LogP) is 3.06. The van der Waals surface area contributed by atoms with Gasteiger partial charge in [0.15, 0.2) is 0 Å². The first kappa shape index (κ1) is 15.8. The van der Waals surface area contributed by atoms with Crippen molar-refractivity contribution in [1.82, 2.24) is 4.90 Å². The maximum atomic E-state index is 11.4. The SMILES string of the molecule is CCC1(C)CC(CC(=O)O)(N2CCCCCC2)CCO1. The molecule has 2 unspecified atom stereocenters. The van der Waals surface area contributed by atoms with Crippen molar-refractivity contribution in [1.29, 1.82) is 0 Å². The van der Waals surface area contributed by atoms with Crippen LogP contribution in [-0.4, -0.2) is 46.8 Å². The molecular formula is C16H29NO3. The van der Waals surface area contributed by atoms with Crippen LogP contribution >= 0.6 is 0 Å². The van der Waals surface area contributed by atoms with Crippen LogP contribution in [0.5, 0.6) is 0 Å². The summed E-state index contributed by atoms with van der Waals surface area (Å²) >= 11 is 0. The molecule has 4 heteroatoms. The molecule has 0 radical (unpaired) electrons. The third-order valence-corrected chi connectivity index (χ3v) is 5.23. The molecule has 2 rings (SSSR count). The monoisotopic (exact) mass is 283 g/mol. The summed E-state index contributed by atoms with van der Waals surface area (Å²) in [5.41, 5.74) is -0.362. The van der Waals surface area contributed by atoms with Crippen LogP contribution in [0.3, 0.4) is 0 Å². The third-order valence-electron chi connectivity index (χ3n) is 5.23. The molecule has 20 heavy (non-hydrogen) atoms. The summed E-state index contributed by atoms with van der Waals surface area (Å²) in [6.45, 7) is 7.06. The van der Waals surface area contributed by atoms with E-state index in [-0.39, 0.29) is 17.6 Å². The molecule has 116 valence electrons. The van der Waals surface area contributed by atoms with Gasteiger partial charge in [-0.05, 0) is 52.1 Å². The van der Waals surface area contributed by atoms with Crippen LogP contribution in [-0.2, 0) is 9.53 Å². The number of aliphatic carboxylic acids is 1. The number of hydrogen-bond donors (Lipinski definition) is 1. The minimum absolute atomic E-state index is 0.167. The number of likely N-dealkylation sites (tertiary alicyclic amines) is 1. The number of nitrogens with zero attached hydrogens (tertiary/aromatic N) is 1. The Morgan fingerprint density at radius 3 is 2.45 bits per heavy atom. The average molecular weight is 283 g/mol. The molecule has 0 aliphatic carbocycles. The van der Waals surface area contributed by atoms with E-state index in [1.165, 1.54) is 25.7 Å². The van der Waals surface area contributed by atoms with E-state index in [0.717, 1.165) is 32.4 Å². The van der Waals surface area contributed by atoms with E-state index in [1.807, 2.05) is 0 Å². The van der Waals surface area contributed by atoms with E-state index in [0.29, 0.717) is 6.61 Å². The van der Waals surface area contributed by atoms with Crippen molar-refractivity contribution >= 4 is 5.97 Å². The molecule has 2 aliphatic heterocycles. The van der Waals surface area contributed by atoms with Crippen LogP contribution in [0, 0.1) is 0 Å². The third kappa shape index (κ3) is 3.53. The van der Waals surface area contributed by atoms with Gasteiger partial charge in [0.25, 0.3) is 0 Å². The van der Waals surface area contributed by atoms with Gasteiger partial charge in [0, 0.05) is 12.1 Å². The maximum Gasteiger partial charge on any atom is 0.305 e. The Hall–Kier alpha value is -0.610. The predicted molar refractivity (Wildman–Crippen MR) is 78.9 cm³/mol. The first-order valence-electron chi connectivity index (χ1n) is 8.11. The number of carbonyl (C=O) groups is 1. The Balaban J connectivity index is 2.21. The quantitative estimate of drug-likeness (QED) is 0.861. The summed E-state index contributed by atoms with van der Waals surface area (Å²) in [5, 5.41) is 9.41. The molecule has 2 heterocycles. The zero-order chi connectivity index (χ0) is 14.6. The van der Waals surface area contributed by atoms with E-state index < -0.39 is 5.97 Å². The number of ether oxygens (including phenoxy) is 1. The summed E-state index contributed by atoms with van der Waals surface area (Å²) < 4.78 is 5.95.